The number of carbonyl (C=O) groups is 3. The van der Waals surface area contributed by atoms with Gasteiger partial charge < -0.3 is 10.4 Å². The van der Waals surface area contributed by atoms with E-state index < -0.39 is 29.5 Å². The topological polar surface area (TPSA) is 86.7 Å². The van der Waals surface area contributed by atoms with Gasteiger partial charge in [0.1, 0.15) is 0 Å². The van der Waals surface area contributed by atoms with Gasteiger partial charge in [0, 0.05) is 18.7 Å². The summed E-state index contributed by atoms with van der Waals surface area (Å²) in [6.45, 7) is 1.55. The van der Waals surface area contributed by atoms with Crippen molar-refractivity contribution in [3.8, 4) is 23.1 Å². The smallest absolute Gasteiger partial charge is 0.416 e. The maximum absolute atomic E-state index is 13.2. The van der Waals surface area contributed by atoms with Gasteiger partial charge in [-0.1, -0.05) is 42.3 Å². The van der Waals surface area contributed by atoms with Crippen molar-refractivity contribution in [2.45, 2.75) is 19.5 Å². The lowest BCUT2D eigenvalue weighted by atomic mass is 9.97. The van der Waals surface area contributed by atoms with Crippen molar-refractivity contribution in [1.29, 1.82) is 0 Å². The lowest BCUT2D eigenvalue weighted by molar-refractivity contribution is -0.138. The summed E-state index contributed by atoms with van der Waals surface area (Å²) < 4.78 is 38.8. The summed E-state index contributed by atoms with van der Waals surface area (Å²) in [4.78, 5) is 38.4. The van der Waals surface area contributed by atoms with Crippen LogP contribution >= 0.6 is 0 Å². The molecule has 0 aliphatic carbocycles. The van der Waals surface area contributed by atoms with E-state index in [9.17, 15) is 27.6 Å². The van der Waals surface area contributed by atoms with Crippen LogP contribution in [0.15, 0.2) is 66.7 Å². The maximum Gasteiger partial charge on any atom is 0.416 e. The number of carboxylic acid groups (broad SMARTS) is 1. The number of nitrogens with one attached hydrogen (secondary N) is 1. The zero-order valence-electron chi connectivity index (χ0n) is 19.3. The summed E-state index contributed by atoms with van der Waals surface area (Å²) in [5.74, 6) is 0.352. The number of hydrogen-bond acceptors (Lipinski definition) is 3. The SMILES string of the molecule is CC#CN(C)C(=O)c1cc(CC(=O)O)ccc1NC(=O)c1ccccc1-c1ccc(C(F)(F)F)cc1. The van der Waals surface area contributed by atoms with Crippen LogP contribution in [0.3, 0.4) is 0 Å². The van der Waals surface area contributed by atoms with Crippen LogP contribution in [-0.2, 0) is 17.4 Å². The number of anilines is 1. The average molecular weight is 494 g/mol. The van der Waals surface area contributed by atoms with Crippen LogP contribution in [0.25, 0.3) is 11.1 Å². The molecule has 0 heterocycles. The van der Waals surface area contributed by atoms with Gasteiger partial charge in [-0.2, -0.15) is 13.2 Å². The highest BCUT2D eigenvalue weighted by Crippen LogP contribution is 2.32. The van der Waals surface area contributed by atoms with Crippen molar-refractivity contribution >= 4 is 23.5 Å². The Balaban J connectivity index is 1.99. The first kappa shape index (κ1) is 26.0. The Kier molecular flexibility index (Phi) is 7.80. The fraction of sp³-hybridized carbons (Fsp3) is 0.148. The molecule has 0 fully saturated rings. The number of carboxylic acids is 1. The van der Waals surface area contributed by atoms with Crippen molar-refractivity contribution in [3.63, 3.8) is 0 Å². The Bertz CT molecular complexity index is 1370. The molecule has 6 nitrogen and oxygen atoms in total. The molecular weight excluding hydrogens is 473 g/mol. The van der Waals surface area contributed by atoms with Crippen molar-refractivity contribution in [2.24, 2.45) is 0 Å². The Morgan fingerprint density at radius 3 is 2.25 bits per heavy atom. The largest absolute Gasteiger partial charge is 0.481 e. The van der Waals surface area contributed by atoms with Gasteiger partial charge in [0.25, 0.3) is 11.8 Å². The normalized spacial score (nSPS) is 10.7. The van der Waals surface area contributed by atoms with E-state index in [4.69, 9.17) is 5.11 Å². The Morgan fingerprint density at radius 1 is 0.972 bits per heavy atom. The second-order valence-electron chi connectivity index (χ2n) is 7.75. The first-order valence-electron chi connectivity index (χ1n) is 10.6. The zero-order valence-corrected chi connectivity index (χ0v) is 19.3. The third-order valence-corrected chi connectivity index (χ3v) is 5.20. The van der Waals surface area contributed by atoms with Crippen LogP contribution < -0.4 is 5.32 Å². The third-order valence-electron chi connectivity index (χ3n) is 5.20. The summed E-state index contributed by atoms with van der Waals surface area (Å²) in [6.07, 6.45) is -4.81. The Labute approximate surface area is 205 Å². The summed E-state index contributed by atoms with van der Waals surface area (Å²) in [5, 5.41) is 11.8. The van der Waals surface area contributed by atoms with Crippen molar-refractivity contribution in [2.75, 3.05) is 12.4 Å². The van der Waals surface area contributed by atoms with Crippen molar-refractivity contribution in [3.05, 3.63) is 89.0 Å². The first-order chi connectivity index (χ1) is 17.0. The lowest BCUT2D eigenvalue weighted by Gasteiger charge is -2.16. The van der Waals surface area contributed by atoms with Crippen LogP contribution in [0.1, 0.15) is 38.8 Å². The Hall–Kier alpha value is -4.58. The number of halogens is 3. The molecule has 0 aromatic heterocycles. The number of alkyl halides is 3. The second-order valence-corrected chi connectivity index (χ2v) is 7.75. The van der Waals surface area contributed by atoms with E-state index in [1.54, 1.807) is 25.1 Å². The highest BCUT2D eigenvalue weighted by atomic mass is 19.4. The van der Waals surface area contributed by atoms with E-state index in [1.807, 2.05) is 0 Å². The minimum Gasteiger partial charge on any atom is -0.481 e. The van der Waals surface area contributed by atoms with Gasteiger partial charge in [-0.3, -0.25) is 19.3 Å². The average Bonchev–Trinajstić information content (AvgIpc) is 2.84. The van der Waals surface area contributed by atoms with Crippen molar-refractivity contribution in [1.82, 2.24) is 4.90 Å². The molecule has 0 bridgehead atoms. The van der Waals surface area contributed by atoms with Crippen LogP contribution in [0.5, 0.6) is 0 Å². The van der Waals surface area contributed by atoms with E-state index >= 15 is 0 Å². The number of benzene rings is 3. The van der Waals surface area contributed by atoms with Gasteiger partial charge in [0.15, 0.2) is 0 Å². The molecule has 3 aromatic carbocycles. The highest BCUT2D eigenvalue weighted by Gasteiger charge is 2.30. The van der Waals surface area contributed by atoms with Crippen LogP contribution in [0.4, 0.5) is 18.9 Å². The van der Waals surface area contributed by atoms with Gasteiger partial charge in [0.05, 0.1) is 23.2 Å². The molecule has 0 saturated carbocycles. The molecule has 36 heavy (non-hydrogen) atoms. The van der Waals surface area contributed by atoms with E-state index in [0.717, 1.165) is 17.0 Å². The van der Waals surface area contributed by atoms with Gasteiger partial charge in [-0.25, -0.2) is 0 Å². The fourth-order valence-corrected chi connectivity index (χ4v) is 3.52. The molecule has 2 N–H and O–H groups in total. The monoisotopic (exact) mass is 494 g/mol. The molecule has 0 aliphatic rings. The highest BCUT2D eigenvalue weighted by molar-refractivity contribution is 6.12. The molecule has 3 aromatic rings. The van der Waals surface area contributed by atoms with Gasteiger partial charge in [0.2, 0.25) is 0 Å². The molecule has 9 heteroatoms. The first-order valence-corrected chi connectivity index (χ1v) is 10.6. The van der Waals surface area contributed by atoms with Crippen LogP contribution in [0, 0.1) is 12.0 Å². The van der Waals surface area contributed by atoms with E-state index in [2.05, 4.69) is 17.3 Å². The minimum absolute atomic E-state index is 0.0411. The number of amides is 2. The van der Waals surface area contributed by atoms with Crippen LogP contribution in [-0.4, -0.2) is 34.8 Å². The van der Waals surface area contributed by atoms with Gasteiger partial charge in [-0.05, 0) is 53.9 Å². The quantitative estimate of drug-likeness (QED) is 0.360. The predicted molar refractivity (Wildman–Crippen MR) is 128 cm³/mol. The molecule has 0 spiro atoms. The molecule has 0 unspecified atom stereocenters. The number of carbonyl (C=O) groups excluding carboxylic acids is 2. The van der Waals surface area contributed by atoms with Crippen LogP contribution in [0.2, 0.25) is 0 Å². The minimum atomic E-state index is -4.49. The number of rotatable bonds is 6. The summed E-state index contributed by atoms with van der Waals surface area (Å²) in [7, 11) is 1.44. The number of hydrogen-bond donors (Lipinski definition) is 2. The van der Waals surface area contributed by atoms with Crippen molar-refractivity contribution < 1.29 is 32.7 Å². The molecule has 184 valence electrons. The summed E-state index contributed by atoms with van der Waals surface area (Å²) >= 11 is 0. The van der Waals surface area contributed by atoms with Gasteiger partial charge >= 0.3 is 12.1 Å². The molecule has 0 atom stereocenters. The summed E-state index contributed by atoms with van der Waals surface area (Å²) in [5.41, 5.74) is 0.689. The molecule has 0 radical (unpaired) electrons. The molecule has 3 rings (SSSR count). The van der Waals surface area contributed by atoms with E-state index in [0.29, 0.717) is 16.7 Å². The number of nitrogens with zero attached hydrogens (tertiary/aromatic N) is 1. The Morgan fingerprint density at radius 2 is 1.64 bits per heavy atom. The van der Waals surface area contributed by atoms with Gasteiger partial charge in [-0.15, -0.1) is 0 Å². The van der Waals surface area contributed by atoms with E-state index in [1.165, 1.54) is 43.4 Å². The molecular formula is C27H21F3N2O4. The van der Waals surface area contributed by atoms with E-state index in [-0.39, 0.29) is 23.2 Å². The lowest BCUT2D eigenvalue weighted by Crippen LogP contribution is -2.24. The summed E-state index contributed by atoms with van der Waals surface area (Å²) in [6, 6.07) is 17.7. The molecule has 0 aliphatic heterocycles. The second kappa shape index (κ2) is 10.8. The predicted octanol–water partition coefficient (Wildman–Crippen LogP) is 5.30. The standard InChI is InChI=1S/C27H21F3N2O4/c1-3-14-32(2)26(36)22-15-17(16-24(33)34)8-13-23(22)31-25(35)21-7-5-4-6-20(21)18-9-11-19(12-10-18)27(28,29)30/h4-13,15H,16H2,1-2H3,(H,31,35)(H,33,34). The third kappa shape index (κ3) is 6.10. The maximum atomic E-state index is 13.2. The zero-order chi connectivity index (χ0) is 26.5. The fourth-order valence-electron chi connectivity index (χ4n) is 3.52. The molecule has 2 amide bonds. The number of aliphatic carboxylic acids is 1. The molecule has 0 saturated heterocycles.